The fraction of sp³-hybridized carbons (Fsp3) is 0.786. The lowest BCUT2D eigenvalue weighted by atomic mass is 9.70. The van der Waals surface area contributed by atoms with E-state index >= 15 is 0 Å². The van der Waals surface area contributed by atoms with Crippen molar-refractivity contribution < 1.29 is 0 Å². The van der Waals surface area contributed by atoms with Gasteiger partial charge in [-0.1, -0.05) is 0 Å². The van der Waals surface area contributed by atoms with Crippen LogP contribution in [-0.2, 0) is 0 Å². The summed E-state index contributed by atoms with van der Waals surface area (Å²) in [6, 6.07) is 0. The van der Waals surface area contributed by atoms with Gasteiger partial charge in [-0.3, -0.25) is 0 Å². The molecule has 0 radical (unpaired) electrons. The molecule has 1 atom stereocenters. The minimum absolute atomic E-state index is 0.255. The number of nitrogens with zero attached hydrogens (tertiary/aromatic N) is 2. The summed E-state index contributed by atoms with van der Waals surface area (Å²) in [4.78, 5) is 6.39. The van der Waals surface area contributed by atoms with E-state index in [1.54, 1.807) is 6.20 Å². The molecule has 1 aliphatic heterocycles. The molecular formula is C14H26N4. The van der Waals surface area contributed by atoms with E-state index < -0.39 is 0 Å². The van der Waals surface area contributed by atoms with Gasteiger partial charge in [0.1, 0.15) is 5.84 Å². The average molecular weight is 250 g/mol. The second-order valence-electron chi connectivity index (χ2n) is 6.21. The normalized spacial score (nSPS) is 36.8. The monoisotopic (exact) mass is 250 g/mol. The van der Waals surface area contributed by atoms with Crippen molar-refractivity contribution in [1.29, 1.82) is 0 Å². The van der Waals surface area contributed by atoms with Gasteiger partial charge >= 0.3 is 0 Å². The third-order valence-electron chi connectivity index (χ3n) is 4.34. The van der Waals surface area contributed by atoms with Gasteiger partial charge in [-0.2, -0.15) is 0 Å². The lowest BCUT2D eigenvalue weighted by Crippen LogP contribution is -2.50. The molecule has 4 nitrogen and oxygen atoms in total. The molecule has 102 valence electrons. The first-order chi connectivity index (χ1) is 8.49. The third kappa shape index (κ3) is 3.12. The average Bonchev–Trinajstić information content (AvgIpc) is 2.28. The minimum Gasteiger partial charge on any atom is -0.387 e. The molecule has 1 aliphatic carbocycles. The van der Waals surface area contributed by atoms with E-state index in [1.807, 2.05) is 0 Å². The number of hydrogen-bond donors (Lipinski definition) is 2. The summed E-state index contributed by atoms with van der Waals surface area (Å²) in [6.45, 7) is 1.20. The van der Waals surface area contributed by atoms with Crippen molar-refractivity contribution in [2.75, 3.05) is 20.6 Å². The predicted octanol–water partition coefficient (Wildman–Crippen LogP) is 1.33. The van der Waals surface area contributed by atoms with Crippen LogP contribution < -0.4 is 11.5 Å². The highest BCUT2D eigenvalue weighted by molar-refractivity contribution is 5.83. The first-order valence-electron chi connectivity index (χ1n) is 6.93. The lowest BCUT2D eigenvalue weighted by molar-refractivity contribution is 0.180. The van der Waals surface area contributed by atoms with E-state index in [2.05, 4.69) is 30.1 Å². The topological polar surface area (TPSA) is 67.6 Å². The Hall–Kier alpha value is -0.870. The molecule has 2 rings (SSSR count). The molecule has 0 bridgehead atoms. The van der Waals surface area contributed by atoms with Crippen LogP contribution in [0.25, 0.3) is 0 Å². The highest BCUT2D eigenvalue weighted by Crippen LogP contribution is 2.37. The molecule has 0 amide bonds. The Bertz CT molecular complexity index is 340. The van der Waals surface area contributed by atoms with Crippen molar-refractivity contribution in [3.05, 3.63) is 12.3 Å². The van der Waals surface area contributed by atoms with Crippen LogP contribution in [0.2, 0.25) is 0 Å². The Kier molecular flexibility index (Phi) is 4.07. The van der Waals surface area contributed by atoms with Gasteiger partial charge in [0.2, 0.25) is 0 Å². The summed E-state index contributed by atoms with van der Waals surface area (Å²) in [7, 11) is 4.30. The first-order valence-corrected chi connectivity index (χ1v) is 6.93. The molecule has 0 spiro atoms. The quantitative estimate of drug-likeness (QED) is 0.794. The number of aliphatic imine (C=N–C) groups is 1. The maximum atomic E-state index is 6.51. The SMILES string of the molecule is CN(C)CC1CCC(C2(N)C=CN=C(N)C2)CC1. The van der Waals surface area contributed by atoms with Crippen molar-refractivity contribution >= 4 is 5.84 Å². The van der Waals surface area contributed by atoms with Crippen LogP contribution in [0, 0.1) is 11.8 Å². The molecule has 4 heteroatoms. The van der Waals surface area contributed by atoms with E-state index in [-0.39, 0.29) is 5.54 Å². The van der Waals surface area contributed by atoms with E-state index in [9.17, 15) is 0 Å². The summed E-state index contributed by atoms with van der Waals surface area (Å²) in [5, 5.41) is 0. The highest BCUT2D eigenvalue weighted by atomic mass is 15.1. The second kappa shape index (κ2) is 5.41. The summed E-state index contributed by atoms with van der Waals surface area (Å²) in [5.41, 5.74) is 12.1. The number of rotatable bonds is 3. The van der Waals surface area contributed by atoms with E-state index in [0.29, 0.717) is 18.2 Å². The van der Waals surface area contributed by atoms with Gasteiger partial charge in [0.05, 0.1) is 0 Å². The molecule has 0 aromatic rings. The van der Waals surface area contributed by atoms with Crippen molar-refractivity contribution in [1.82, 2.24) is 4.90 Å². The van der Waals surface area contributed by atoms with Gasteiger partial charge in [0.15, 0.2) is 0 Å². The van der Waals surface area contributed by atoms with E-state index in [1.165, 1.54) is 32.2 Å². The van der Waals surface area contributed by atoms with Gasteiger partial charge in [-0.25, -0.2) is 4.99 Å². The Morgan fingerprint density at radius 1 is 1.33 bits per heavy atom. The Morgan fingerprint density at radius 3 is 2.56 bits per heavy atom. The van der Waals surface area contributed by atoms with Crippen LogP contribution in [0.5, 0.6) is 0 Å². The maximum Gasteiger partial charge on any atom is 0.101 e. The van der Waals surface area contributed by atoms with E-state index in [0.717, 1.165) is 5.92 Å². The third-order valence-corrected chi connectivity index (χ3v) is 4.34. The molecule has 1 unspecified atom stereocenters. The number of hydrogen-bond acceptors (Lipinski definition) is 4. The summed E-state index contributed by atoms with van der Waals surface area (Å²) in [5.74, 6) is 2.06. The molecule has 0 saturated heterocycles. The van der Waals surface area contributed by atoms with Gasteiger partial charge < -0.3 is 16.4 Å². The van der Waals surface area contributed by atoms with Gasteiger partial charge in [0.25, 0.3) is 0 Å². The molecule has 18 heavy (non-hydrogen) atoms. The standard InChI is InChI=1S/C14H26N4/c1-18(2)10-11-3-5-12(6-4-11)14(16)7-8-17-13(15)9-14/h7-8,11-12H,3-6,9-10,16H2,1-2H3,(H2,15,17). The molecule has 1 fully saturated rings. The van der Waals surface area contributed by atoms with Crippen LogP contribution in [0.1, 0.15) is 32.1 Å². The molecule has 0 aromatic carbocycles. The molecule has 4 N–H and O–H groups in total. The molecule has 1 heterocycles. The summed E-state index contributed by atoms with van der Waals surface area (Å²) in [6.07, 6.45) is 9.55. The Labute approximate surface area is 110 Å². The summed E-state index contributed by atoms with van der Waals surface area (Å²) >= 11 is 0. The van der Waals surface area contributed by atoms with Crippen LogP contribution in [0.4, 0.5) is 0 Å². The van der Waals surface area contributed by atoms with Gasteiger partial charge in [-0.05, 0) is 57.7 Å². The predicted molar refractivity (Wildman–Crippen MR) is 76.3 cm³/mol. The maximum absolute atomic E-state index is 6.51. The molecule has 0 aromatic heterocycles. The lowest BCUT2D eigenvalue weighted by Gasteiger charge is -2.40. The van der Waals surface area contributed by atoms with Crippen molar-refractivity contribution in [2.24, 2.45) is 28.3 Å². The van der Waals surface area contributed by atoms with Crippen LogP contribution in [-0.4, -0.2) is 36.9 Å². The largest absolute Gasteiger partial charge is 0.387 e. The van der Waals surface area contributed by atoms with Gasteiger partial charge in [-0.15, -0.1) is 0 Å². The van der Waals surface area contributed by atoms with Crippen molar-refractivity contribution in [2.45, 2.75) is 37.6 Å². The first kappa shape index (κ1) is 13.6. The molecule has 2 aliphatic rings. The number of amidine groups is 1. The molecule has 1 saturated carbocycles. The highest BCUT2D eigenvalue weighted by Gasteiger charge is 2.37. The van der Waals surface area contributed by atoms with Crippen molar-refractivity contribution in [3.63, 3.8) is 0 Å². The Morgan fingerprint density at radius 2 is 2.00 bits per heavy atom. The van der Waals surface area contributed by atoms with Crippen LogP contribution in [0.3, 0.4) is 0 Å². The number of nitrogens with two attached hydrogens (primary N) is 2. The fourth-order valence-corrected chi connectivity index (χ4v) is 3.37. The second-order valence-corrected chi connectivity index (χ2v) is 6.21. The molecular weight excluding hydrogens is 224 g/mol. The zero-order chi connectivity index (χ0) is 13.2. The van der Waals surface area contributed by atoms with Crippen LogP contribution in [0.15, 0.2) is 17.3 Å². The zero-order valence-electron chi connectivity index (χ0n) is 11.6. The van der Waals surface area contributed by atoms with Gasteiger partial charge in [0, 0.05) is 24.7 Å². The fourth-order valence-electron chi connectivity index (χ4n) is 3.37. The van der Waals surface area contributed by atoms with E-state index in [4.69, 9.17) is 11.5 Å². The van der Waals surface area contributed by atoms with Crippen LogP contribution >= 0.6 is 0 Å². The smallest absolute Gasteiger partial charge is 0.101 e. The van der Waals surface area contributed by atoms with Crippen molar-refractivity contribution in [3.8, 4) is 0 Å². The summed E-state index contributed by atoms with van der Waals surface area (Å²) < 4.78 is 0. The minimum atomic E-state index is -0.255. The zero-order valence-corrected chi connectivity index (χ0v) is 11.6. The Balaban J connectivity index is 1.90.